The summed E-state index contributed by atoms with van der Waals surface area (Å²) in [7, 11) is -3.82. The number of furan rings is 1. The number of carbonyl (C=O) groups excluding carboxylic acids is 2. The Morgan fingerprint density at radius 1 is 1.02 bits per heavy atom. The van der Waals surface area contributed by atoms with Crippen molar-refractivity contribution in [2.75, 3.05) is 13.1 Å². The van der Waals surface area contributed by atoms with E-state index in [0.717, 1.165) is 30.6 Å². The normalized spacial score (nSPS) is 25.2. The average Bonchev–Trinajstić information content (AvgIpc) is 3.58. The second kappa shape index (κ2) is 13.7. The number of unbranched alkanes of at least 4 members (excludes halogenated alkanes) is 2. The number of amides is 2. The van der Waals surface area contributed by atoms with Gasteiger partial charge in [-0.25, -0.2) is 8.42 Å². The molecule has 2 amide bonds. The van der Waals surface area contributed by atoms with Gasteiger partial charge in [0.2, 0.25) is 21.7 Å². The van der Waals surface area contributed by atoms with Gasteiger partial charge in [-0.3, -0.25) is 9.59 Å². The average molecular weight is 613 g/mol. The van der Waals surface area contributed by atoms with Crippen LogP contribution in [-0.2, 0) is 25.8 Å². The molecule has 5 rings (SSSR count). The molecule has 0 N–H and O–H groups in total. The molecule has 44 heavy (non-hydrogen) atoms. The summed E-state index contributed by atoms with van der Waals surface area (Å²) in [5.41, 5.74) is -0.520. The number of piperidine rings is 1. The summed E-state index contributed by atoms with van der Waals surface area (Å²) in [6, 6.07) is 9.84. The monoisotopic (exact) mass is 612 g/mol. The largest absolute Gasteiger partial charge is 0.469 e. The van der Waals surface area contributed by atoms with Gasteiger partial charge in [0.05, 0.1) is 22.1 Å². The van der Waals surface area contributed by atoms with Gasteiger partial charge in [0.1, 0.15) is 11.2 Å². The van der Waals surface area contributed by atoms with E-state index in [9.17, 15) is 18.0 Å². The minimum Gasteiger partial charge on any atom is -0.469 e. The first-order valence-corrected chi connectivity index (χ1v) is 17.0. The van der Waals surface area contributed by atoms with Crippen LogP contribution in [0, 0.1) is 29.1 Å². The third-order valence-corrected chi connectivity index (χ3v) is 10.9. The summed E-state index contributed by atoms with van der Waals surface area (Å²) in [6.45, 7) is 4.73. The molecule has 2 saturated heterocycles. The smallest absolute Gasteiger partial charge is 0.243 e. The van der Waals surface area contributed by atoms with E-state index in [0.29, 0.717) is 38.8 Å². The number of nitrogens with zero attached hydrogens (tertiary/aromatic N) is 2. The Balaban J connectivity index is 1.52. The lowest BCUT2D eigenvalue weighted by molar-refractivity contribution is -0.156. The van der Waals surface area contributed by atoms with Crippen molar-refractivity contribution in [1.82, 2.24) is 9.80 Å². The Bertz CT molecular complexity index is 1660. The predicted octanol–water partition coefficient (Wildman–Crippen LogP) is 6.00. The Labute approximate surface area is 261 Å². The van der Waals surface area contributed by atoms with Gasteiger partial charge in [-0.2, -0.15) is 0 Å². The minimum absolute atomic E-state index is 0.180. The van der Waals surface area contributed by atoms with Crippen molar-refractivity contribution in [1.29, 1.82) is 0 Å². The number of fused-ring (bicyclic) bond motifs is 1. The molecule has 1 aromatic carbocycles. The summed E-state index contributed by atoms with van der Waals surface area (Å²) in [5, 5.41) is 0. The zero-order valence-electron chi connectivity index (χ0n) is 25.6. The summed E-state index contributed by atoms with van der Waals surface area (Å²) in [6.07, 6.45) is 12.6. The highest BCUT2D eigenvalue weighted by atomic mass is 32.2. The molecule has 0 radical (unpaired) electrons. The van der Waals surface area contributed by atoms with Gasteiger partial charge in [-0.15, -0.1) is 23.7 Å². The third-order valence-electron chi connectivity index (χ3n) is 8.96. The van der Waals surface area contributed by atoms with Crippen LogP contribution in [0.15, 0.2) is 75.2 Å². The lowest BCUT2D eigenvalue weighted by Crippen LogP contribution is -2.56. The summed E-state index contributed by atoms with van der Waals surface area (Å²) in [5.74, 6) is 11.8. The number of hydrogen-bond donors (Lipinski definition) is 0. The van der Waals surface area contributed by atoms with E-state index in [1.165, 1.54) is 11.1 Å². The molecular weight excluding hydrogens is 572 g/mol. The second-order valence-electron chi connectivity index (χ2n) is 11.6. The van der Waals surface area contributed by atoms with E-state index in [1.54, 1.807) is 43.5 Å². The highest BCUT2D eigenvalue weighted by Gasteiger charge is 2.63. The minimum atomic E-state index is -3.82. The molecule has 0 bridgehead atoms. The molecule has 3 aliphatic heterocycles. The van der Waals surface area contributed by atoms with Gasteiger partial charge < -0.3 is 14.2 Å². The number of aryl methyl sites for hydroxylation is 1. The van der Waals surface area contributed by atoms with Crippen LogP contribution >= 0.6 is 0 Å². The fraction of sp³-hybridized carbons (Fsp3) is 0.444. The summed E-state index contributed by atoms with van der Waals surface area (Å²) in [4.78, 5) is 33.0. The molecule has 0 unspecified atom stereocenters. The van der Waals surface area contributed by atoms with Crippen molar-refractivity contribution in [3.05, 3.63) is 77.2 Å². The molecular formula is C36H40N2O5S. The van der Waals surface area contributed by atoms with E-state index in [4.69, 9.17) is 4.42 Å². The molecule has 2 aromatic rings. The molecule has 4 heterocycles. The van der Waals surface area contributed by atoms with Crippen LogP contribution in [0.3, 0.4) is 0 Å². The van der Waals surface area contributed by atoms with E-state index < -0.39 is 21.3 Å². The van der Waals surface area contributed by atoms with Gasteiger partial charge in [0.15, 0.2) is 0 Å². The number of benzene rings is 1. The first kappa shape index (κ1) is 31.4. The fourth-order valence-electron chi connectivity index (χ4n) is 6.73. The maximum Gasteiger partial charge on any atom is 0.243 e. The quantitative estimate of drug-likeness (QED) is 0.150. The SMILES string of the molecule is CC#CCCCCN1CC[C@@H](c2coc(CCC#CC)c2)[C@]2(C[C@@H]3/C=C\CC/C(S(=O)(=O)c4ccccc4)=C\N3C2=O)C1=O. The number of hydrogen-bond acceptors (Lipinski definition) is 5. The van der Waals surface area contributed by atoms with Crippen LogP contribution in [0.1, 0.15) is 82.5 Å². The summed E-state index contributed by atoms with van der Waals surface area (Å²) >= 11 is 0. The Morgan fingerprint density at radius 2 is 1.80 bits per heavy atom. The van der Waals surface area contributed by atoms with Crippen LogP contribution in [0.4, 0.5) is 0 Å². The van der Waals surface area contributed by atoms with Crippen LogP contribution < -0.4 is 0 Å². The van der Waals surface area contributed by atoms with Crippen LogP contribution in [-0.4, -0.2) is 49.2 Å². The maximum atomic E-state index is 14.7. The molecule has 1 spiro atoms. The fourth-order valence-corrected chi connectivity index (χ4v) is 8.18. The molecule has 2 fully saturated rings. The highest BCUT2D eigenvalue weighted by molar-refractivity contribution is 7.95. The van der Waals surface area contributed by atoms with Crippen molar-refractivity contribution in [3.8, 4) is 23.7 Å². The maximum absolute atomic E-state index is 14.7. The summed E-state index contributed by atoms with van der Waals surface area (Å²) < 4.78 is 33.3. The highest BCUT2D eigenvalue weighted by Crippen LogP contribution is 2.53. The van der Waals surface area contributed by atoms with Crippen LogP contribution in [0.2, 0.25) is 0 Å². The Kier molecular flexibility index (Phi) is 9.81. The molecule has 1 aromatic heterocycles. The molecule has 3 atom stereocenters. The van der Waals surface area contributed by atoms with Gasteiger partial charge in [0.25, 0.3) is 0 Å². The van der Waals surface area contributed by atoms with Crippen molar-refractivity contribution >= 4 is 21.7 Å². The zero-order valence-corrected chi connectivity index (χ0v) is 26.4. The van der Waals surface area contributed by atoms with Gasteiger partial charge in [-0.05, 0) is 76.1 Å². The lowest BCUT2D eigenvalue weighted by atomic mass is 9.65. The van der Waals surface area contributed by atoms with E-state index in [1.807, 2.05) is 30.0 Å². The standard InChI is InChI=1S/C36H40N2O5S/c1-3-5-7-8-15-22-37-23-21-33(28-24-30(43-27-28)17-10-6-4-2)36(34(37)39)25-29-16-13-14-20-32(26-38(29)35(36)40)44(41,42)31-18-11-9-12-19-31/h9,11-13,16,18-19,24,26-27,29,33H,7-8,10,14-15,17,20-23,25H2,1-2H3/b16-13-,32-26+/t29-,33-,36+/m0/s1. The predicted molar refractivity (Wildman–Crippen MR) is 169 cm³/mol. The second-order valence-corrected chi connectivity index (χ2v) is 13.6. The Morgan fingerprint density at radius 3 is 2.57 bits per heavy atom. The third kappa shape index (κ3) is 6.14. The molecule has 7 nitrogen and oxygen atoms in total. The number of sulfone groups is 1. The molecule has 230 valence electrons. The zero-order chi connectivity index (χ0) is 31.2. The number of rotatable bonds is 9. The lowest BCUT2D eigenvalue weighted by Gasteiger charge is -2.43. The number of carbonyl (C=O) groups is 2. The number of likely N-dealkylation sites (tertiary alicyclic amines) is 1. The van der Waals surface area contributed by atoms with E-state index >= 15 is 0 Å². The van der Waals surface area contributed by atoms with Gasteiger partial charge >= 0.3 is 0 Å². The van der Waals surface area contributed by atoms with Gasteiger partial charge in [0, 0.05) is 44.5 Å². The van der Waals surface area contributed by atoms with Crippen molar-refractivity contribution in [3.63, 3.8) is 0 Å². The topological polar surface area (TPSA) is 87.9 Å². The van der Waals surface area contributed by atoms with Crippen LogP contribution in [0.25, 0.3) is 0 Å². The Hall–Kier alpha value is -4.01. The first-order valence-electron chi connectivity index (χ1n) is 15.5. The molecule has 3 aliphatic rings. The number of allylic oxidation sites excluding steroid dienone is 2. The van der Waals surface area contributed by atoms with Gasteiger partial charge in [-0.1, -0.05) is 30.4 Å². The molecule has 0 aliphatic carbocycles. The molecule has 8 heteroatoms. The van der Waals surface area contributed by atoms with Crippen molar-refractivity contribution in [2.45, 2.75) is 88.5 Å². The van der Waals surface area contributed by atoms with E-state index in [2.05, 4.69) is 23.7 Å². The van der Waals surface area contributed by atoms with E-state index in [-0.39, 0.29) is 40.4 Å². The molecule has 0 saturated carbocycles. The first-order chi connectivity index (χ1) is 21.3. The van der Waals surface area contributed by atoms with Crippen molar-refractivity contribution in [2.24, 2.45) is 5.41 Å². The van der Waals surface area contributed by atoms with Crippen molar-refractivity contribution < 1.29 is 22.4 Å². The van der Waals surface area contributed by atoms with Crippen LogP contribution in [0.5, 0.6) is 0 Å².